The van der Waals surface area contributed by atoms with Gasteiger partial charge in [0.15, 0.2) is 12.5 Å². The van der Waals surface area contributed by atoms with Gasteiger partial charge in [-0.25, -0.2) is 13.9 Å². The molecule has 0 spiro atoms. The van der Waals surface area contributed by atoms with Crippen LogP contribution in [0.5, 0.6) is 0 Å². The summed E-state index contributed by atoms with van der Waals surface area (Å²) < 4.78 is 48.3. The number of hydrogen-bond acceptors (Lipinski definition) is 14. The van der Waals surface area contributed by atoms with Gasteiger partial charge in [0.05, 0.1) is 19.3 Å². The number of aliphatic hydroxyl groups is 5. The zero-order chi connectivity index (χ0) is 26.1. The molecule has 0 radical (unpaired) electrons. The van der Waals surface area contributed by atoms with Gasteiger partial charge in [-0.3, -0.25) is 23.4 Å². The van der Waals surface area contributed by atoms with E-state index < -0.39 is 95.7 Å². The summed E-state index contributed by atoms with van der Waals surface area (Å²) in [7, 11) is -10.9. The predicted molar refractivity (Wildman–Crippen MR) is 107 cm³/mol. The third-order valence-corrected chi connectivity index (χ3v) is 7.62. The molecule has 0 aliphatic carbocycles. The number of aromatic nitrogens is 2. The van der Waals surface area contributed by atoms with E-state index in [2.05, 4.69) is 13.4 Å². The summed E-state index contributed by atoms with van der Waals surface area (Å²) in [6, 6.07) is 0.943. The van der Waals surface area contributed by atoms with Gasteiger partial charge in [-0.2, -0.15) is 4.31 Å². The Morgan fingerprint density at radius 2 is 1.71 bits per heavy atom. The van der Waals surface area contributed by atoms with Gasteiger partial charge in [-0.05, 0) is 0 Å². The number of aliphatic hydroxyl groups excluding tert-OH is 5. The van der Waals surface area contributed by atoms with Gasteiger partial charge in [0.1, 0.15) is 30.5 Å². The van der Waals surface area contributed by atoms with E-state index in [1.807, 2.05) is 4.98 Å². The van der Waals surface area contributed by atoms with Crippen molar-refractivity contribution in [1.82, 2.24) is 9.55 Å². The molecule has 3 rings (SSSR count). The lowest BCUT2D eigenvalue weighted by Crippen LogP contribution is -2.49. The molecular formula is C15H24N2O16P2. The van der Waals surface area contributed by atoms with Crippen molar-refractivity contribution in [2.45, 2.75) is 55.6 Å². The molecule has 3 heterocycles. The highest BCUT2D eigenvalue weighted by atomic mass is 31.3. The van der Waals surface area contributed by atoms with Crippen molar-refractivity contribution in [1.29, 1.82) is 0 Å². The first-order valence-electron chi connectivity index (χ1n) is 9.88. The van der Waals surface area contributed by atoms with Crippen molar-refractivity contribution in [2.24, 2.45) is 0 Å². The van der Waals surface area contributed by atoms with Crippen molar-refractivity contribution >= 4 is 15.6 Å². The Morgan fingerprint density at radius 1 is 1.03 bits per heavy atom. The van der Waals surface area contributed by atoms with Crippen LogP contribution in [-0.2, 0) is 32.0 Å². The van der Waals surface area contributed by atoms with E-state index >= 15 is 0 Å². The summed E-state index contributed by atoms with van der Waals surface area (Å²) in [5.41, 5.74) is -1.71. The maximum absolute atomic E-state index is 12.1. The Labute approximate surface area is 195 Å². The van der Waals surface area contributed by atoms with Gasteiger partial charge < -0.3 is 44.8 Å². The van der Waals surface area contributed by atoms with Crippen molar-refractivity contribution in [3.05, 3.63) is 33.1 Å². The number of phosphoric ester groups is 2. The Hall–Kier alpha value is -1.34. The number of hydrogen-bond donors (Lipinski definition) is 8. The van der Waals surface area contributed by atoms with Crippen LogP contribution in [0, 0.1) is 0 Å². The highest BCUT2D eigenvalue weighted by molar-refractivity contribution is 7.61. The zero-order valence-electron chi connectivity index (χ0n) is 17.5. The number of H-pyrrole nitrogens is 1. The van der Waals surface area contributed by atoms with Crippen molar-refractivity contribution in [3.8, 4) is 0 Å². The van der Waals surface area contributed by atoms with Gasteiger partial charge in [0.2, 0.25) is 0 Å². The van der Waals surface area contributed by atoms with Crippen LogP contribution < -0.4 is 11.2 Å². The van der Waals surface area contributed by atoms with E-state index in [1.165, 1.54) is 0 Å². The van der Waals surface area contributed by atoms with Crippen LogP contribution in [0.4, 0.5) is 0 Å². The van der Waals surface area contributed by atoms with Crippen LogP contribution in [0.15, 0.2) is 21.9 Å². The minimum atomic E-state index is -5.45. The van der Waals surface area contributed by atoms with Crippen LogP contribution in [0.1, 0.15) is 12.6 Å². The van der Waals surface area contributed by atoms with Gasteiger partial charge in [-0.1, -0.05) is 0 Å². The quantitative estimate of drug-likeness (QED) is 0.137. The van der Waals surface area contributed by atoms with Gasteiger partial charge >= 0.3 is 21.3 Å². The van der Waals surface area contributed by atoms with E-state index in [-0.39, 0.29) is 0 Å². The number of ether oxygens (including phenoxy) is 2. The lowest BCUT2D eigenvalue weighted by atomic mass is 10.0. The molecular weight excluding hydrogens is 526 g/mol. The summed E-state index contributed by atoms with van der Waals surface area (Å²) >= 11 is 0. The molecule has 2 fully saturated rings. The second-order valence-electron chi connectivity index (χ2n) is 7.58. The molecule has 10 atom stereocenters. The molecule has 18 nitrogen and oxygen atoms in total. The summed E-state index contributed by atoms with van der Waals surface area (Å²) in [6.07, 6.45) is -12.2. The third kappa shape index (κ3) is 6.91. The van der Waals surface area contributed by atoms with E-state index in [9.17, 15) is 48.9 Å². The monoisotopic (exact) mass is 550 g/mol. The van der Waals surface area contributed by atoms with Gasteiger partial charge in [0, 0.05) is 18.7 Å². The molecule has 0 saturated carbocycles. The number of aromatic amines is 1. The van der Waals surface area contributed by atoms with Crippen molar-refractivity contribution in [2.75, 3.05) is 13.2 Å². The first-order valence-corrected chi connectivity index (χ1v) is 12.9. The highest BCUT2D eigenvalue weighted by Crippen LogP contribution is 2.61. The molecule has 35 heavy (non-hydrogen) atoms. The molecule has 2 unspecified atom stereocenters. The Kier molecular flexibility index (Phi) is 8.84. The lowest BCUT2D eigenvalue weighted by Gasteiger charge is -2.36. The molecule has 20 heteroatoms. The molecule has 8 N–H and O–H groups in total. The fourth-order valence-electron chi connectivity index (χ4n) is 3.32. The summed E-state index contributed by atoms with van der Waals surface area (Å²) in [5, 5.41) is 48.8. The van der Waals surface area contributed by atoms with Crippen LogP contribution >= 0.6 is 15.6 Å². The standard InChI is InChI=1S/C15H24N2O16P2/c18-4-8-6(19)3-7(20)14(31-8)32-35(27,28)33-34(25,26)29-5-9-11(22)12(23)13(30-9)17-2-1-10(21)16-15(17)24/h1-2,6-9,11-14,18-20,22-23H,3-5H2,(H,25,26)(H,27,28)(H,16,21,24)/t6-,7+,8+,9+,11+,12+,13+,14+/m0/s1. The van der Waals surface area contributed by atoms with Crippen LogP contribution in [0.3, 0.4) is 0 Å². The second-order valence-corrected chi connectivity index (χ2v) is 10.6. The maximum atomic E-state index is 12.1. The topological polar surface area (TPSA) is 277 Å². The Balaban J connectivity index is 1.60. The molecule has 0 amide bonds. The molecule has 2 aliphatic heterocycles. The zero-order valence-corrected chi connectivity index (χ0v) is 19.3. The molecule has 2 aliphatic rings. The summed E-state index contributed by atoms with van der Waals surface area (Å²) in [5.74, 6) is 0. The van der Waals surface area contributed by atoms with E-state index in [0.717, 1.165) is 16.8 Å². The molecule has 1 aromatic heterocycles. The third-order valence-electron chi connectivity index (χ3n) is 5.02. The minimum Gasteiger partial charge on any atom is -0.394 e. The Bertz CT molecular complexity index is 1090. The minimum absolute atomic E-state index is 0.415. The van der Waals surface area contributed by atoms with E-state index in [0.29, 0.717) is 0 Å². The van der Waals surface area contributed by atoms with Crippen molar-refractivity contribution < 1.29 is 67.3 Å². The van der Waals surface area contributed by atoms with Gasteiger partial charge in [0.25, 0.3) is 5.56 Å². The first-order chi connectivity index (χ1) is 16.2. The second kappa shape index (κ2) is 11.0. The van der Waals surface area contributed by atoms with Crippen LogP contribution in [0.2, 0.25) is 0 Å². The van der Waals surface area contributed by atoms with Crippen molar-refractivity contribution in [3.63, 3.8) is 0 Å². The molecule has 0 aromatic carbocycles. The number of phosphoric acid groups is 2. The first kappa shape index (κ1) is 28.2. The summed E-state index contributed by atoms with van der Waals surface area (Å²) in [6.45, 7) is -1.71. The SMILES string of the molecule is O=c1ccn([C@@H]2O[C@H](COP(=O)(O)OP(=O)(O)O[C@H]3O[C@H](CO)[C@@H](O)C[C@H]3O)[C@@H](O)[C@H]2O)c(=O)[nH]1. The highest BCUT2D eigenvalue weighted by Gasteiger charge is 2.47. The fraction of sp³-hybridized carbons (Fsp3) is 0.733. The molecule has 200 valence electrons. The van der Waals surface area contributed by atoms with Crippen LogP contribution in [0.25, 0.3) is 0 Å². The number of rotatable bonds is 9. The lowest BCUT2D eigenvalue weighted by molar-refractivity contribution is -0.244. The van der Waals surface area contributed by atoms with Gasteiger partial charge in [-0.15, -0.1) is 0 Å². The maximum Gasteiger partial charge on any atom is 0.483 e. The molecule has 1 aromatic rings. The van der Waals surface area contributed by atoms with E-state index in [1.54, 1.807) is 0 Å². The molecule has 0 bridgehead atoms. The summed E-state index contributed by atoms with van der Waals surface area (Å²) in [4.78, 5) is 44.5. The van der Waals surface area contributed by atoms with E-state index in [4.69, 9.17) is 14.6 Å². The predicted octanol–water partition coefficient (Wildman–Crippen LogP) is -3.76. The average Bonchev–Trinajstić information content (AvgIpc) is 3.02. The van der Waals surface area contributed by atoms with Crippen LogP contribution in [-0.4, -0.2) is 101 Å². The average molecular weight is 550 g/mol. The fourth-order valence-corrected chi connectivity index (χ4v) is 5.49. The number of nitrogens with zero attached hydrogens (tertiary/aromatic N) is 1. The number of nitrogens with one attached hydrogen (secondary N) is 1. The largest absolute Gasteiger partial charge is 0.483 e. The molecule has 2 saturated heterocycles. The Morgan fingerprint density at radius 3 is 2.34 bits per heavy atom. The normalized spacial score (nSPS) is 37.0. The smallest absolute Gasteiger partial charge is 0.394 e.